The zero-order valence-electron chi connectivity index (χ0n) is 15.4. The third kappa shape index (κ3) is 4.95. The quantitative estimate of drug-likeness (QED) is 0.751. The van der Waals surface area contributed by atoms with Gasteiger partial charge in [-0.1, -0.05) is 47.5 Å². The van der Waals surface area contributed by atoms with E-state index < -0.39 is 0 Å². The first kappa shape index (κ1) is 19.1. The minimum atomic E-state index is 0.241. The fourth-order valence-electron chi connectivity index (χ4n) is 3.27. The molecule has 3 rings (SSSR count). The van der Waals surface area contributed by atoms with Crippen LogP contribution >= 0.6 is 23.4 Å². The average molecular weight is 389 g/mol. The fraction of sp³-hybridized carbons (Fsp3) is 0.381. The zero-order valence-corrected chi connectivity index (χ0v) is 16.9. The Morgan fingerprint density at radius 1 is 1.08 bits per heavy atom. The zero-order chi connectivity index (χ0) is 18.5. The van der Waals surface area contributed by atoms with Crippen molar-refractivity contribution in [2.45, 2.75) is 19.6 Å². The normalized spacial score (nSPS) is 14.6. The predicted octanol–water partition coefficient (Wildman–Crippen LogP) is 4.54. The summed E-state index contributed by atoms with van der Waals surface area (Å²) < 4.78 is 0. The highest BCUT2D eigenvalue weighted by Crippen LogP contribution is 2.25. The molecule has 0 bridgehead atoms. The molecule has 0 N–H and O–H groups in total. The van der Waals surface area contributed by atoms with Gasteiger partial charge in [-0.2, -0.15) is 0 Å². The van der Waals surface area contributed by atoms with Crippen molar-refractivity contribution in [3.05, 3.63) is 64.2 Å². The molecular weight excluding hydrogens is 364 g/mol. The van der Waals surface area contributed by atoms with Crippen LogP contribution in [0, 0.1) is 13.8 Å². The van der Waals surface area contributed by atoms with Crippen molar-refractivity contribution < 1.29 is 4.79 Å². The van der Waals surface area contributed by atoms with E-state index in [9.17, 15) is 4.79 Å². The standard InChI is InChI=1S/C21H25ClN2OS/c1-16-4-3-5-18(12-16)14-26-15-21(25)24-10-8-23(9-11-24)20-13-19(22)7-6-17(20)2/h3-7,12-13H,8-11,14-15H2,1-2H3. The summed E-state index contributed by atoms with van der Waals surface area (Å²) in [5.74, 6) is 1.67. The summed E-state index contributed by atoms with van der Waals surface area (Å²) in [5, 5.41) is 0.761. The topological polar surface area (TPSA) is 23.6 Å². The van der Waals surface area contributed by atoms with Gasteiger partial charge in [0, 0.05) is 42.6 Å². The maximum absolute atomic E-state index is 12.5. The molecule has 138 valence electrons. The summed E-state index contributed by atoms with van der Waals surface area (Å²) in [4.78, 5) is 16.8. The van der Waals surface area contributed by atoms with Crippen LogP contribution in [0.15, 0.2) is 42.5 Å². The molecule has 2 aromatic carbocycles. The lowest BCUT2D eigenvalue weighted by Gasteiger charge is -2.37. The molecule has 1 heterocycles. The van der Waals surface area contributed by atoms with E-state index >= 15 is 0 Å². The second-order valence-corrected chi connectivity index (χ2v) is 8.20. The number of carbonyl (C=O) groups is 1. The molecule has 0 unspecified atom stereocenters. The van der Waals surface area contributed by atoms with Gasteiger partial charge in [-0.25, -0.2) is 0 Å². The van der Waals surface area contributed by atoms with Gasteiger partial charge in [-0.3, -0.25) is 4.79 Å². The van der Waals surface area contributed by atoms with E-state index in [0.29, 0.717) is 5.75 Å². The van der Waals surface area contributed by atoms with Crippen LogP contribution in [-0.4, -0.2) is 42.7 Å². The van der Waals surface area contributed by atoms with Crippen LogP contribution in [0.2, 0.25) is 5.02 Å². The lowest BCUT2D eigenvalue weighted by atomic mass is 10.1. The van der Waals surface area contributed by atoms with Gasteiger partial charge in [0.25, 0.3) is 0 Å². The molecule has 0 aliphatic carbocycles. The first-order valence-electron chi connectivity index (χ1n) is 8.95. The average Bonchev–Trinajstić information content (AvgIpc) is 2.64. The molecule has 1 aliphatic rings. The van der Waals surface area contributed by atoms with E-state index in [0.717, 1.165) is 37.0 Å². The summed E-state index contributed by atoms with van der Waals surface area (Å²) in [7, 11) is 0. The van der Waals surface area contributed by atoms with Gasteiger partial charge in [0.05, 0.1) is 5.75 Å². The Bertz CT molecular complexity index is 772. The largest absolute Gasteiger partial charge is 0.368 e. The Labute approximate surface area is 165 Å². The Kier molecular flexibility index (Phi) is 6.49. The van der Waals surface area contributed by atoms with Crippen LogP contribution in [0.3, 0.4) is 0 Å². The Morgan fingerprint density at radius 3 is 2.58 bits per heavy atom. The van der Waals surface area contributed by atoms with Crippen LogP contribution in [-0.2, 0) is 10.5 Å². The molecule has 1 fully saturated rings. The monoisotopic (exact) mass is 388 g/mol. The number of hydrogen-bond acceptors (Lipinski definition) is 3. The molecule has 5 heteroatoms. The van der Waals surface area contributed by atoms with Crippen molar-refractivity contribution in [2.75, 3.05) is 36.8 Å². The maximum Gasteiger partial charge on any atom is 0.232 e. The van der Waals surface area contributed by atoms with Crippen molar-refractivity contribution in [3.63, 3.8) is 0 Å². The number of benzene rings is 2. The van der Waals surface area contributed by atoms with E-state index in [1.165, 1.54) is 22.4 Å². The van der Waals surface area contributed by atoms with Crippen LogP contribution in [0.4, 0.5) is 5.69 Å². The summed E-state index contributed by atoms with van der Waals surface area (Å²) in [6, 6.07) is 14.5. The number of nitrogens with zero attached hydrogens (tertiary/aromatic N) is 2. The van der Waals surface area contributed by atoms with Gasteiger partial charge in [0.2, 0.25) is 5.91 Å². The summed E-state index contributed by atoms with van der Waals surface area (Å²) in [6.07, 6.45) is 0. The number of amides is 1. The van der Waals surface area contributed by atoms with E-state index in [1.807, 2.05) is 17.0 Å². The maximum atomic E-state index is 12.5. The first-order chi connectivity index (χ1) is 12.5. The fourth-order valence-corrected chi connectivity index (χ4v) is 4.31. The minimum Gasteiger partial charge on any atom is -0.368 e. The molecule has 2 aromatic rings. The molecule has 0 radical (unpaired) electrons. The molecular formula is C21H25ClN2OS. The number of aryl methyl sites for hydroxylation is 2. The van der Waals surface area contributed by atoms with Gasteiger partial charge in [-0.15, -0.1) is 11.8 Å². The van der Waals surface area contributed by atoms with Crippen molar-refractivity contribution in [2.24, 2.45) is 0 Å². The van der Waals surface area contributed by atoms with Gasteiger partial charge in [0.1, 0.15) is 0 Å². The third-order valence-electron chi connectivity index (χ3n) is 4.72. The Hall–Kier alpha value is -1.65. The van der Waals surface area contributed by atoms with Crippen LogP contribution in [0.1, 0.15) is 16.7 Å². The highest BCUT2D eigenvalue weighted by molar-refractivity contribution is 7.99. The van der Waals surface area contributed by atoms with Gasteiger partial charge in [0.15, 0.2) is 0 Å². The van der Waals surface area contributed by atoms with E-state index in [4.69, 9.17) is 11.6 Å². The number of halogens is 1. The van der Waals surface area contributed by atoms with Gasteiger partial charge in [-0.05, 0) is 37.1 Å². The molecule has 1 saturated heterocycles. The van der Waals surface area contributed by atoms with Crippen molar-refractivity contribution >= 4 is 35.0 Å². The molecule has 1 amide bonds. The first-order valence-corrected chi connectivity index (χ1v) is 10.5. The molecule has 0 spiro atoms. The number of thioether (sulfide) groups is 1. The van der Waals surface area contributed by atoms with E-state index in [2.05, 4.69) is 49.1 Å². The van der Waals surface area contributed by atoms with Crippen molar-refractivity contribution in [1.29, 1.82) is 0 Å². The molecule has 3 nitrogen and oxygen atoms in total. The lowest BCUT2D eigenvalue weighted by molar-refractivity contribution is -0.128. The smallest absolute Gasteiger partial charge is 0.232 e. The van der Waals surface area contributed by atoms with E-state index in [1.54, 1.807) is 11.8 Å². The number of rotatable bonds is 5. The number of piperazine rings is 1. The summed E-state index contributed by atoms with van der Waals surface area (Å²) >= 11 is 7.83. The lowest BCUT2D eigenvalue weighted by Crippen LogP contribution is -2.49. The van der Waals surface area contributed by atoms with Gasteiger partial charge >= 0.3 is 0 Å². The summed E-state index contributed by atoms with van der Waals surface area (Å²) in [5.41, 5.74) is 4.95. The highest BCUT2D eigenvalue weighted by Gasteiger charge is 2.22. The second-order valence-electron chi connectivity index (χ2n) is 6.78. The predicted molar refractivity (Wildman–Crippen MR) is 112 cm³/mol. The minimum absolute atomic E-state index is 0.241. The third-order valence-corrected chi connectivity index (χ3v) is 5.94. The second kappa shape index (κ2) is 8.83. The number of carbonyl (C=O) groups excluding carboxylic acids is 1. The van der Waals surface area contributed by atoms with Crippen LogP contribution in [0.5, 0.6) is 0 Å². The number of hydrogen-bond donors (Lipinski definition) is 0. The van der Waals surface area contributed by atoms with Gasteiger partial charge < -0.3 is 9.80 Å². The van der Waals surface area contributed by atoms with Crippen molar-refractivity contribution in [3.8, 4) is 0 Å². The molecule has 0 saturated carbocycles. The highest BCUT2D eigenvalue weighted by atomic mass is 35.5. The van der Waals surface area contributed by atoms with Crippen LogP contribution < -0.4 is 4.90 Å². The number of anilines is 1. The molecule has 1 aliphatic heterocycles. The molecule has 0 atom stereocenters. The van der Waals surface area contributed by atoms with Crippen LogP contribution in [0.25, 0.3) is 0 Å². The Balaban J connectivity index is 1.47. The summed E-state index contributed by atoms with van der Waals surface area (Å²) in [6.45, 7) is 7.46. The Morgan fingerprint density at radius 2 is 1.85 bits per heavy atom. The molecule has 26 heavy (non-hydrogen) atoms. The van der Waals surface area contributed by atoms with E-state index in [-0.39, 0.29) is 5.91 Å². The molecule has 0 aromatic heterocycles. The van der Waals surface area contributed by atoms with Crippen molar-refractivity contribution in [1.82, 2.24) is 4.90 Å². The SMILES string of the molecule is Cc1cccc(CSCC(=O)N2CCN(c3cc(Cl)ccc3C)CC2)c1.